The standard InChI is InChI=1S/C8H7F3N2O2.2Li.H2O/c1-4-2-6(8(9,10)11)13-12-5(4)3-7(14)15;;;/h2H,3H2,1H3,(H,14,15);;;1H2/q;2*+1;/p-2. The number of hydrogen-bond donors (Lipinski definition) is 0. The molecule has 0 aliphatic carbocycles. The first-order chi connectivity index (χ1) is 6.80. The van der Waals surface area contributed by atoms with Crippen molar-refractivity contribution in [1.29, 1.82) is 0 Å². The summed E-state index contributed by atoms with van der Waals surface area (Å²) >= 11 is 0. The van der Waals surface area contributed by atoms with Crippen LogP contribution in [-0.2, 0) is 17.4 Å². The van der Waals surface area contributed by atoms with Gasteiger partial charge in [0, 0.05) is 12.4 Å². The monoisotopic (exact) mass is 250 g/mol. The van der Waals surface area contributed by atoms with Crippen LogP contribution in [0.5, 0.6) is 0 Å². The van der Waals surface area contributed by atoms with Crippen LogP contribution in [0.15, 0.2) is 6.07 Å². The molecule has 1 aromatic rings. The molecular formula is C8H7F3Li2N2O3. The quantitative estimate of drug-likeness (QED) is 0.487. The Morgan fingerprint density at radius 2 is 1.83 bits per heavy atom. The number of aryl methyl sites for hydroxylation is 1. The van der Waals surface area contributed by atoms with Gasteiger partial charge >= 0.3 is 43.9 Å². The fourth-order valence-electron chi connectivity index (χ4n) is 0.960. The average molecular weight is 250 g/mol. The second kappa shape index (κ2) is 8.57. The van der Waals surface area contributed by atoms with E-state index in [1.807, 2.05) is 0 Å². The molecule has 1 rings (SSSR count). The molecule has 0 aromatic carbocycles. The van der Waals surface area contributed by atoms with E-state index < -0.39 is 24.3 Å². The van der Waals surface area contributed by atoms with Crippen LogP contribution in [0, 0.1) is 6.92 Å². The van der Waals surface area contributed by atoms with Gasteiger partial charge in [-0.3, -0.25) is 0 Å². The minimum Gasteiger partial charge on any atom is -0.870 e. The zero-order valence-electron chi connectivity index (χ0n) is 10.1. The Morgan fingerprint density at radius 1 is 1.33 bits per heavy atom. The number of carboxylic acid groups (broad SMARTS) is 1. The van der Waals surface area contributed by atoms with E-state index in [0.717, 1.165) is 6.07 Å². The van der Waals surface area contributed by atoms with Gasteiger partial charge in [0.2, 0.25) is 0 Å². The topological polar surface area (TPSA) is 95.9 Å². The van der Waals surface area contributed by atoms with Gasteiger partial charge in [-0.1, -0.05) is 0 Å². The normalized spacial score (nSPS) is 9.56. The van der Waals surface area contributed by atoms with Crippen molar-refractivity contribution in [2.75, 3.05) is 0 Å². The summed E-state index contributed by atoms with van der Waals surface area (Å²) < 4.78 is 36.4. The molecule has 0 saturated carbocycles. The van der Waals surface area contributed by atoms with Crippen molar-refractivity contribution in [3.63, 3.8) is 0 Å². The molecule has 0 bridgehead atoms. The van der Waals surface area contributed by atoms with Crippen molar-refractivity contribution >= 4 is 5.97 Å². The molecule has 90 valence electrons. The Morgan fingerprint density at radius 3 is 2.17 bits per heavy atom. The van der Waals surface area contributed by atoms with Crippen LogP contribution in [0.2, 0.25) is 0 Å². The number of aromatic nitrogens is 2. The first-order valence-corrected chi connectivity index (χ1v) is 3.91. The molecule has 18 heavy (non-hydrogen) atoms. The third kappa shape index (κ3) is 6.43. The van der Waals surface area contributed by atoms with Gasteiger partial charge in [-0.25, -0.2) is 0 Å². The minimum atomic E-state index is -4.57. The van der Waals surface area contributed by atoms with E-state index in [2.05, 4.69) is 10.2 Å². The molecular weight excluding hydrogens is 243 g/mol. The summed E-state index contributed by atoms with van der Waals surface area (Å²) in [5.41, 5.74) is -1.04. The summed E-state index contributed by atoms with van der Waals surface area (Å²) in [4.78, 5) is 10.2. The van der Waals surface area contributed by atoms with Crippen LogP contribution in [0.25, 0.3) is 0 Å². The van der Waals surface area contributed by atoms with Gasteiger partial charge in [0.05, 0.1) is 5.69 Å². The molecule has 0 saturated heterocycles. The van der Waals surface area contributed by atoms with Crippen molar-refractivity contribution < 1.29 is 66.3 Å². The summed E-state index contributed by atoms with van der Waals surface area (Å²) in [6, 6.07) is 0.755. The molecule has 0 radical (unpaired) electrons. The van der Waals surface area contributed by atoms with Gasteiger partial charge in [-0.05, 0) is 18.6 Å². The Labute approximate surface area is 125 Å². The molecule has 0 spiro atoms. The number of carbonyl (C=O) groups is 1. The van der Waals surface area contributed by atoms with Crippen LogP contribution >= 0.6 is 0 Å². The molecule has 0 atom stereocenters. The predicted octanol–water partition coefficient (Wildman–Crippen LogP) is -6.07. The number of alkyl halides is 3. The van der Waals surface area contributed by atoms with Crippen LogP contribution in [0.3, 0.4) is 0 Å². The number of hydrogen-bond acceptors (Lipinski definition) is 5. The molecule has 5 nitrogen and oxygen atoms in total. The molecule has 0 fully saturated rings. The Bertz CT molecular complexity index is 402. The van der Waals surface area contributed by atoms with E-state index in [1.54, 1.807) is 0 Å². The molecule has 10 heteroatoms. The summed E-state index contributed by atoms with van der Waals surface area (Å²) in [6.45, 7) is 1.34. The first kappa shape index (κ1) is 22.7. The van der Waals surface area contributed by atoms with Crippen LogP contribution in [-0.4, -0.2) is 21.6 Å². The molecule has 1 heterocycles. The van der Waals surface area contributed by atoms with Crippen molar-refractivity contribution in [2.45, 2.75) is 19.5 Å². The number of carboxylic acids is 1. The van der Waals surface area contributed by atoms with Crippen molar-refractivity contribution in [2.24, 2.45) is 0 Å². The summed E-state index contributed by atoms with van der Waals surface area (Å²) in [6.07, 6.45) is -5.12. The summed E-state index contributed by atoms with van der Waals surface area (Å²) in [5, 5.41) is 16.3. The number of halogens is 3. The van der Waals surface area contributed by atoms with Crippen LogP contribution < -0.4 is 42.8 Å². The largest absolute Gasteiger partial charge is 1.00 e. The molecule has 0 amide bonds. The van der Waals surface area contributed by atoms with E-state index >= 15 is 0 Å². The van der Waals surface area contributed by atoms with Crippen LogP contribution in [0.4, 0.5) is 13.2 Å². The van der Waals surface area contributed by atoms with Gasteiger partial charge in [0.25, 0.3) is 0 Å². The van der Waals surface area contributed by atoms with E-state index in [0.29, 0.717) is 0 Å². The zero-order valence-corrected chi connectivity index (χ0v) is 10.1. The smallest absolute Gasteiger partial charge is 0.870 e. The molecule has 1 N–H and O–H groups in total. The maximum Gasteiger partial charge on any atom is 1.00 e. The minimum absolute atomic E-state index is 0. The van der Waals surface area contributed by atoms with Crippen LogP contribution in [0.1, 0.15) is 17.0 Å². The van der Waals surface area contributed by atoms with E-state index in [9.17, 15) is 23.1 Å². The molecule has 0 unspecified atom stereocenters. The van der Waals surface area contributed by atoms with Gasteiger partial charge in [0.15, 0.2) is 5.69 Å². The fraction of sp³-hybridized carbons (Fsp3) is 0.375. The molecule has 1 aromatic heterocycles. The number of rotatable bonds is 2. The van der Waals surface area contributed by atoms with E-state index in [-0.39, 0.29) is 54.5 Å². The zero-order chi connectivity index (χ0) is 11.6. The fourth-order valence-corrected chi connectivity index (χ4v) is 0.960. The average Bonchev–Trinajstić information content (AvgIpc) is 2.05. The first-order valence-electron chi connectivity index (χ1n) is 3.91. The van der Waals surface area contributed by atoms with Gasteiger partial charge in [-0.2, -0.15) is 18.3 Å². The van der Waals surface area contributed by atoms with Crippen molar-refractivity contribution in [3.05, 3.63) is 23.0 Å². The second-order valence-corrected chi connectivity index (χ2v) is 2.91. The predicted molar refractivity (Wildman–Crippen MR) is 42.4 cm³/mol. The molecule has 0 aliphatic heterocycles. The second-order valence-electron chi connectivity index (χ2n) is 2.91. The Kier molecular flexibility index (Phi) is 10.8. The van der Waals surface area contributed by atoms with Crippen molar-refractivity contribution in [3.8, 4) is 0 Å². The SMILES string of the molecule is Cc1cc(C(F)(F)F)nnc1CC(=O)[O-].[Li+].[Li+].[OH-]. The molecule has 0 aliphatic rings. The van der Waals surface area contributed by atoms with Gasteiger partial charge in [0.1, 0.15) is 0 Å². The van der Waals surface area contributed by atoms with Gasteiger partial charge in [-0.15, -0.1) is 5.10 Å². The van der Waals surface area contributed by atoms with E-state index in [4.69, 9.17) is 0 Å². The number of aliphatic carboxylic acids is 1. The number of nitrogens with zero attached hydrogens (tertiary/aromatic N) is 2. The van der Waals surface area contributed by atoms with Gasteiger partial charge < -0.3 is 15.4 Å². The van der Waals surface area contributed by atoms with Crippen molar-refractivity contribution in [1.82, 2.24) is 10.2 Å². The third-order valence-corrected chi connectivity index (χ3v) is 1.69. The maximum atomic E-state index is 12.1. The summed E-state index contributed by atoms with van der Waals surface area (Å²) in [5.74, 6) is -1.41. The third-order valence-electron chi connectivity index (χ3n) is 1.69. The summed E-state index contributed by atoms with van der Waals surface area (Å²) in [7, 11) is 0. The Balaban J connectivity index is -0.000000750. The maximum absolute atomic E-state index is 12.1. The number of carbonyl (C=O) groups excluding carboxylic acids is 1. The Hall–Kier alpha value is -0.505. The van der Waals surface area contributed by atoms with E-state index in [1.165, 1.54) is 6.92 Å².